The van der Waals surface area contributed by atoms with Crippen molar-refractivity contribution in [3.8, 4) is 0 Å². The second-order valence-electron chi connectivity index (χ2n) is 5.02. The minimum Gasteiger partial charge on any atom is -0.444 e. The molecule has 0 atom stereocenters. The molecule has 1 amide bonds. The molecule has 1 aliphatic rings. The van der Waals surface area contributed by atoms with Crippen molar-refractivity contribution in [3.05, 3.63) is 0 Å². The van der Waals surface area contributed by atoms with Gasteiger partial charge in [0.25, 0.3) is 0 Å². The molecule has 1 saturated heterocycles. The van der Waals surface area contributed by atoms with Crippen LogP contribution in [0.3, 0.4) is 0 Å². The maximum atomic E-state index is 11.5. The van der Waals surface area contributed by atoms with Gasteiger partial charge in [0.1, 0.15) is 5.60 Å². The van der Waals surface area contributed by atoms with Gasteiger partial charge in [0.05, 0.1) is 19.2 Å². The average molecular weight is 230 g/mol. The van der Waals surface area contributed by atoms with Crippen LogP contribution in [0.4, 0.5) is 4.79 Å². The fourth-order valence-corrected chi connectivity index (χ4v) is 1.35. The summed E-state index contributed by atoms with van der Waals surface area (Å²) < 4.78 is 10.7. The van der Waals surface area contributed by atoms with E-state index in [4.69, 9.17) is 15.2 Å². The number of carbonyl (C=O) groups excluding carboxylic acids is 1. The Labute approximate surface area is 96.9 Å². The van der Waals surface area contributed by atoms with E-state index < -0.39 is 5.60 Å². The third-order valence-electron chi connectivity index (χ3n) is 2.20. The van der Waals surface area contributed by atoms with Crippen LogP contribution in [-0.2, 0) is 9.47 Å². The molecule has 0 bridgehead atoms. The zero-order chi connectivity index (χ0) is 12.2. The molecule has 0 radical (unpaired) electrons. The van der Waals surface area contributed by atoms with Gasteiger partial charge in [-0.3, -0.25) is 0 Å². The number of carbonyl (C=O) groups is 1. The van der Waals surface area contributed by atoms with Gasteiger partial charge >= 0.3 is 6.09 Å². The molecule has 1 rings (SSSR count). The minimum atomic E-state index is -0.428. The summed E-state index contributed by atoms with van der Waals surface area (Å²) in [7, 11) is 0. The summed E-state index contributed by atoms with van der Waals surface area (Å²) in [6, 6.07) is 0. The van der Waals surface area contributed by atoms with Gasteiger partial charge in [-0.05, 0) is 33.7 Å². The molecule has 2 N–H and O–H groups in total. The Kier molecular flexibility index (Phi) is 4.56. The first-order chi connectivity index (χ1) is 7.42. The predicted molar refractivity (Wildman–Crippen MR) is 61.2 cm³/mol. The van der Waals surface area contributed by atoms with E-state index in [0.29, 0.717) is 26.2 Å². The molecule has 5 heteroatoms. The van der Waals surface area contributed by atoms with Crippen LogP contribution in [0.5, 0.6) is 0 Å². The molecule has 5 nitrogen and oxygen atoms in total. The first-order valence-electron chi connectivity index (χ1n) is 5.72. The van der Waals surface area contributed by atoms with Gasteiger partial charge < -0.3 is 20.1 Å². The Morgan fingerprint density at radius 1 is 1.44 bits per heavy atom. The third-order valence-corrected chi connectivity index (χ3v) is 2.20. The quantitative estimate of drug-likeness (QED) is 0.731. The molecule has 94 valence electrons. The molecule has 1 fully saturated rings. The molecule has 0 saturated carbocycles. The lowest BCUT2D eigenvalue weighted by molar-refractivity contribution is -0.0631. The molecule has 0 aromatic carbocycles. The molecule has 0 aromatic heterocycles. The van der Waals surface area contributed by atoms with E-state index in [-0.39, 0.29) is 12.2 Å². The Morgan fingerprint density at radius 2 is 2.06 bits per heavy atom. The summed E-state index contributed by atoms with van der Waals surface area (Å²) in [6.45, 7) is 8.14. The van der Waals surface area contributed by atoms with E-state index in [1.807, 2.05) is 20.8 Å². The molecular weight excluding hydrogens is 208 g/mol. The largest absolute Gasteiger partial charge is 0.444 e. The van der Waals surface area contributed by atoms with Gasteiger partial charge in [-0.15, -0.1) is 0 Å². The number of likely N-dealkylation sites (tertiary alicyclic amines) is 1. The molecule has 1 aliphatic heterocycles. The Balaban J connectivity index is 2.13. The maximum Gasteiger partial charge on any atom is 0.410 e. The average Bonchev–Trinajstić information content (AvgIpc) is 2.05. The SMILES string of the molecule is CC(C)(C)OC(=O)N1CC(OCCCN)C1. The monoisotopic (exact) mass is 230 g/mol. The lowest BCUT2D eigenvalue weighted by Crippen LogP contribution is -2.56. The highest BCUT2D eigenvalue weighted by Crippen LogP contribution is 2.17. The van der Waals surface area contributed by atoms with Crippen molar-refractivity contribution in [1.29, 1.82) is 0 Å². The van der Waals surface area contributed by atoms with Crippen LogP contribution in [0.1, 0.15) is 27.2 Å². The molecule has 0 aliphatic carbocycles. The zero-order valence-electron chi connectivity index (χ0n) is 10.4. The first-order valence-corrected chi connectivity index (χ1v) is 5.72. The fraction of sp³-hybridized carbons (Fsp3) is 0.909. The second-order valence-corrected chi connectivity index (χ2v) is 5.02. The smallest absolute Gasteiger partial charge is 0.410 e. The van der Waals surface area contributed by atoms with Crippen LogP contribution in [0.25, 0.3) is 0 Å². The van der Waals surface area contributed by atoms with E-state index in [1.165, 1.54) is 0 Å². The standard InChI is InChI=1S/C11H22N2O3/c1-11(2,3)16-10(14)13-7-9(8-13)15-6-4-5-12/h9H,4-8,12H2,1-3H3. The summed E-state index contributed by atoms with van der Waals surface area (Å²) >= 11 is 0. The fourth-order valence-electron chi connectivity index (χ4n) is 1.35. The van der Waals surface area contributed by atoms with Gasteiger partial charge in [0.15, 0.2) is 0 Å². The zero-order valence-corrected chi connectivity index (χ0v) is 10.4. The summed E-state index contributed by atoms with van der Waals surface area (Å²) in [5, 5.41) is 0. The predicted octanol–water partition coefficient (Wildman–Crippen LogP) is 0.971. The van der Waals surface area contributed by atoms with Crippen LogP contribution in [0.15, 0.2) is 0 Å². The van der Waals surface area contributed by atoms with E-state index in [1.54, 1.807) is 4.90 Å². The van der Waals surface area contributed by atoms with Gasteiger partial charge in [-0.1, -0.05) is 0 Å². The summed E-state index contributed by atoms with van der Waals surface area (Å²) in [5.74, 6) is 0. The van der Waals surface area contributed by atoms with Crippen LogP contribution >= 0.6 is 0 Å². The van der Waals surface area contributed by atoms with Gasteiger partial charge in [-0.25, -0.2) is 4.79 Å². The second kappa shape index (κ2) is 5.50. The van der Waals surface area contributed by atoms with E-state index >= 15 is 0 Å². The topological polar surface area (TPSA) is 64.8 Å². The van der Waals surface area contributed by atoms with Crippen LogP contribution in [-0.4, -0.2) is 48.9 Å². The minimum absolute atomic E-state index is 0.152. The summed E-state index contributed by atoms with van der Waals surface area (Å²) in [6.07, 6.45) is 0.758. The molecule has 0 unspecified atom stereocenters. The number of nitrogens with zero attached hydrogens (tertiary/aromatic N) is 1. The van der Waals surface area contributed by atoms with Crippen molar-refractivity contribution in [2.24, 2.45) is 5.73 Å². The lowest BCUT2D eigenvalue weighted by atomic mass is 10.2. The van der Waals surface area contributed by atoms with Gasteiger partial charge in [0.2, 0.25) is 0 Å². The van der Waals surface area contributed by atoms with Crippen molar-refractivity contribution < 1.29 is 14.3 Å². The number of rotatable bonds is 4. The Morgan fingerprint density at radius 3 is 2.56 bits per heavy atom. The molecule has 0 spiro atoms. The van der Waals surface area contributed by atoms with E-state index in [2.05, 4.69) is 0 Å². The number of hydrogen-bond donors (Lipinski definition) is 1. The first kappa shape index (κ1) is 13.3. The maximum absolute atomic E-state index is 11.5. The van der Waals surface area contributed by atoms with Crippen molar-refractivity contribution >= 4 is 6.09 Å². The van der Waals surface area contributed by atoms with E-state index in [0.717, 1.165) is 6.42 Å². The molecular formula is C11H22N2O3. The summed E-state index contributed by atoms with van der Waals surface area (Å²) in [4.78, 5) is 13.2. The van der Waals surface area contributed by atoms with Crippen LogP contribution < -0.4 is 5.73 Å². The number of amides is 1. The Hall–Kier alpha value is -0.810. The number of hydrogen-bond acceptors (Lipinski definition) is 4. The van der Waals surface area contributed by atoms with Crippen molar-refractivity contribution in [3.63, 3.8) is 0 Å². The molecule has 16 heavy (non-hydrogen) atoms. The number of nitrogens with two attached hydrogens (primary N) is 1. The van der Waals surface area contributed by atoms with Gasteiger partial charge in [0, 0.05) is 6.61 Å². The molecule has 0 aromatic rings. The highest BCUT2D eigenvalue weighted by Gasteiger charge is 2.33. The lowest BCUT2D eigenvalue weighted by Gasteiger charge is -2.39. The van der Waals surface area contributed by atoms with E-state index in [9.17, 15) is 4.79 Å². The third kappa shape index (κ3) is 4.37. The highest BCUT2D eigenvalue weighted by atomic mass is 16.6. The normalized spacial score (nSPS) is 17.1. The van der Waals surface area contributed by atoms with Crippen molar-refractivity contribution in [2.45, 2.75) is 38.9 Å². The van der Waals surface area contributed by atoms with Crippen molar-refractivity contribution in [1.82, 2.24) is 4.90 Å². The number of ether oxygens (including phenoxy) is 2. The van der Waals surface area contributed by atoms with Crippen molar-refractivity contribution in [2.75, 3.05) is 26.2 Å². The molecule has 1 heterocycles. The van der Waals surface area contributed by atoms with Crippen LogP contribution in [0.2, 0.25) is 0 Å². The van der Waals surface area contributed by atoms with Crippen LogP contribution in [0, 0.1) is 0 Å². The summed E-state index contributed by atoms with van der Waals surface area (Å²) in [5.41, 5.74) is 4.93. The van der Waals surface area contributed by atoms with Gasteiger partial charge in [-0.2, -0.15) is 0 Å². The highest BCUT2D eigenvalue weighted by molar-refractivity contribution is 5.69. The Bertz CT molecular complexity index is 232.